The summed E-state index contributed by atoms with van der Waals surface area (Å²) in [6.45, 7) is 1.24. The molecular weight excluding hydrogens is 288 g/mol. The molecule has 2 aromatic heterocycles. The van der Waals surface area contributed by atoms with E-state index in [1.807, 2.05) is 18.2 Å². The molecule has 2 aromatic rings. The second kappa shape index (κ2) is 5.57. The lowest BCUT2D eigenvalue weighted by atomic mass is 9.99. The Morgan fingerprint density at radius 3 is 2.90 bits per heavy atom. The van der Waals surface area contributed by atoms with Crippen LogP contribution in [0, 0.1) is 5.92 Å². The number of nitrogens with zero attached hydrogens (tertiary/aromatic N) is 3. The molecule has 112 valence electrons. The summed E-state index contributed by atoms with van der Waals surface area (Å²) in [7, 11) is -3.06. The van der Waals surface area contributed by atoms with Crippen LogP contribution in [0.15, 0.2) is 30.6 Å². The van der Waals surface area contributed by atoms with Crippen molar-refractivity contribution in [1.82, 2.24) is 19.5 Å². The Morgan fingerprint density at radius 1 is 1.38 bits per heavy atom. The number of nitrogens with one attached hydrogen (secondary N) is 1. The fraction of sp³-hybridized carbons (Fsp3) is 0.429. The molecule has 1 N–H and O–H groups in total. The van der Waals surface area contributed by atoms with Crippen LogP contribution in [0.1, 0.15) is 12.0 Å². The number of aromatic nitrogens is 3. The highest BCUT2D eigenvalue weighted by molar-refractivity contribution is 7.88. The predicted octanol–water partition coefficient (Wildman–Crippen LogP) is 1.30. The van der Waals surface area contributed by atoms with Crippen LogP contribution >= 0.6 is 0 Å². The van der Waals surface area contributed by atoms with Crippen molar-refractivity contribution >= 4 is 10.0 Å². The zero-order chi connectivity index (χ0) is 14.9. The maximum atomic E-state index is 11.5. The monoisotopic (exact) mass is 306 g/mol. The summed E-state index contributed by atoms with van der Waals surface area (Å²) >= 11 is 0. The van der Waals surface area contributed by atoms with Crippen LogP contribution in [0.5, 0.6) is 0 Å². The third kappa shape index (κ3) is 3.30. The van der Waals surface area contributed by atoms with E-state index in [-0.39, 0.29) is 0 Å². The average Bonchev–Trinajstić information content (AvgIpc) is 3.09. The van der Waals surface area contributed by atoms with Gasteiger partial charge in [0.25, 0.3) is 0 Å². The van der Waals surface area contributed by atoms with Crippen molar-refractivity contribution in [1.29, 1.82) is 0 Å². The minimum absolute atomic E-state index is 0.372. The Labute approximate surface area is 124 Å². The fourth-order valence-electron chi connectivity index (χ4n) is 2.75. The van der Waals surface area contributed by atoms with Crippen molar-refractivity contribution < 1.29 is 8.42 Å². The van der Waals surface area contributed by atoms with Crippen LogP contribution in [0.3, 0.4) is 0 Å². The van der Waals surface area contributed by atoms with Gasteiger partial charge in [0.15, 0.2) is 0 Å². The third-order valence-corrected chi connectivity index (χ3v) is 5.11. The van der Waals surface area contributed by atoms with E-state index in [4.69, 9.17) is 0 Å². The van der Waals surface area contributed by atoms with Crippen LogP contribution in [-0.2, 0) is 16.4 Å². The molecule has 6 nitrogen and oxygen atoms in total. The normalized spacial score (nSPS) is 20.0. The van der Waals surface area contributed by atoms with Crippen molar-refractivity contribution in [2.45, 2.75) is 12.8 Å². The summed E-state index contributed by atoms with van der Waals surface area (Å²) in [5.41, 5.74) is 2.93. The molecule has 0 aliphatic carbocycles. The van der Waals surface area contributed by atoms with Crippen LogP contribution in [0.25, 0.3) is 11.4 Å². The molecule has 0 spiro atoms. The highest BCUT2D eigenvalue weighted by Gasteiger charge is 2.28. The summed E-state index contributed by atoms with van der Waals surface area (Å²) in [4.78, 5) is 4.33. The van der Waals surface area contributed by atoms with Crippen LogP contribution in [-0.4, -0.2) is 47.2 Å². The number of hydrogen-bond acceptors (Lipinski definition) is 4. The Balaban J connectivity index is 1.71. The smallest absolute Gasteiger partial charge is 0.211 e. The molecule has 7 heteroatoms. The van der Waals surface area contributed by atoms with Gasteiger partial charge in [-0.3, -0.25) is 10.1 Å². The van der Waals surface area contributed by atoms with Crippen LogP contribution < -0.4 is 0 Å². The number of pyridine rings is 1. The largest absolute Gasteiger partial charge is 0.276 e. The zero-order valence-corrected chi connectivity index (χ0v) is 12.7. The standard InChI is InChI=1S/C14H18N4O2S/c1-21(19,20)18-7-4-12(10-18)8-11-2-5-15-14(9-11)13-3-6-16-17-13/h2-3,5-6,9,12H,4,7-8,10H2,1H3,(H,16,17)/t12-/m1/s1. The van der Waals surface area contributed by atoms with Gasteiger partial charge in [-0.15, -0.1) is 0 Å². The van der Waals surface area contributed by atoms with Gasteiger partial charge in [0, 0.05) is 25.5 Å². The molecule has 0 bridgehead atoms. The van der Waals surface area contributed by atoms with Gasteiger partial charge in [-0.05, 0) is 42.5 Å². The van der Waals surface area contributed by atoms with E-state index in [1.54, 1.807) is 16.7 Å². The first-order valence-corrected chi connectivity index (χ1v) is 8.77. The number of rotatable bonds is 4. The summed E-state index contributed by atoms with van der Waals surface area (Å²) in [6, 6.07) is 5.91. The lowest BCUT2D eigenvalue weighted by Gasteiger charge is -2.13. The van der Waals surface area contributed by atoms with E-state index in [9.17, 15) is 8.42 Å². The van der Waals surface area contributed by atoms with Crippen molar-refractivity contribution in [2.24, 2.45) is 5.92 Å². The molecule has 1 aliphatic heterocycles. The fourth-order valence-corrected chi connectivity index (χ4v) is 3.66. The Hall–Kier alpha value is -1.73. The van der Waals surface area contributed by atoms with E-state index in [2.05, 4.69) is 15.2 Å². The Bertz CT molecular complexity index is 712. The SMILES string of the molecule is CS(=O)(=O)N1CC[C@H](Cc2ccnc(-c3ccn[nH]3)c2)C1. The molecule has 0 radical (unpaired) electrons. The summed E-state index contributed by atoms with van der Waals surface area (Å²) in [6.07, 6.45) is 6.54. The van der Waals surface area contributed by atoms with Crippen molar-refractivity contribution in [3.63, 3.8) is 0 Å². The molecule has 0 amide bonds. The van der Waals surface area contributed by atoms with Crippen LogP contribution in [0.2, 0.25) is 0 Å². The van der Waals surface area contributed by atoms with E-state index in [0.717, 1.165) is 24.2 Å². The molecule has 0 aromatic carbocycles. The van der Waals surface area contributed by atoms with Gasteiger partial charge in [0.2, 0.25) is 10.0 Å². The molecule has 0 saturated carbocycles. The topological polar surface area (TPSA) is 79.0 Å². The van der Waals surface area contributed by atoms with Gasteiger partial charge in [-0.25, -0.2) is 12.7 Å². The molecular formula is C14H18N4O2S. The Morgan fingerprint density at radius 2 is 2.24 bits per heavy atom. The van der Waals surface area contributed by atoms with E-state index >= 15 is 0 Å². The van der Waals surface area contributed by atoms with Crippen molar-refractivity contribution in [3.8, 4) is 11.4 Å². The number of sulfonamides is 1. The Kier molecular flexibility index (Phi) is 3.77. The minimum atomic E-state index is -3.06. The minimum Gasteiger partial charge on any atom is -0.276 e. The summed E-state index contributed by atoms with van der Waals surface area (Å²) in [5, 5.41) is 6.83. The molecule has 1 atom stereocenters. The average molecular weight is 306 g/mol. The molecule has 3 rings (SSSR count). The molecule has 1 aliphatic rings. The van der Waals surface area contributed by atoms with E-state index in [0.29, 0.717) is 19.0 Å². The molecule has 1 saturated heterocycles. The second-order valence-electron chi connectivity index (χ2n) is 5.50. The van der Waals surface area contributed by atoms with E-state index in [1.165, 1.54) is 11.8 Å². The van der Waals surface area contributed by atoms with Gasteiger partial charge >= 0.3 is 0 Å². The summed E-state index contributed by atoms with van der Waals surface area (Å²) in [5.74, 6) is 0.372. The van der Waals surface area contributed by atoms with Crippen LogP contribution in [0.4, 0.5) is 0 Å². The third-order valence-electron chi connectivity index (χ3n) is 3.84. The first kappa shape index (κ1) is 14.2. The van der Waals surface area contributed by atoms with Gasteiger partial charge < -0.3 is 0 Å². The first-order valence-electron chi connectivity index (χ1n) is 6.92. The quantitative estimate of drug-likeness (QED) is 0.923. The lowest BCUT2D eigenvalue weighted by Crippen LogP contribution is -2.27. The summed E-state index contributed by atoms with van der Waals surface area (Å²) < 4.78 is 24.7. The molecule has 3 heterocycles. The lowest BCUT2D eigenvalue weighted by molar-refractivity contribution is 0.460. The van der Waals surface area contributed by atoms with Crippen molar-refractivity contribution in [3.05, 3.63) is 36.2 Å². The highest BCUT2D eigenvalue weighted by atomic mass is 32.2. The molecule has 0 unspecified atom stereocenters. The number of hydrogen-bond donors (Lipinski definition) is 1. The predicted molar refractivity (Wildman–Crippen MR) is 80.0 cm³/mol. The van der Waals surface area contributed by atoms with E-state index < -0.39 is 10.0 Å². The zero-order valence-electron chi connectivity index (χ0n) is 11.9. The maximum Gasteiger partial charge on any atom is 0.211 e. The first-order chi connectivity index (χ1) is 10.0. The van der Waals surface area contributed by atoms with Crippen molar-refractivity contribution in [2.75, 3.05) is 19.3 Å². The maximum absolute atomic E-state index is 11.5. The number of aromatic amines is 1. The number of H-pyrrole nitrogens is 1. The van der Waals surface area contributed by atoms with Gasteiger partial charge in [0.05, 0.1) is 17.6 Å². The van der Waals surface area contributed by atoms with Gasteiger partial charge in [0.1, 0.15) is 0 Å². The molecule has 1 fully saturated rings. The highest BCUT2D eigenvalue weighted by Crippen LogP contribution is 2.24. The molecule has 21 heavy (non-hydrogen) atoms. The van der Waals surface area contributed by atoms with Gasteiger partial charge in [-0.2, -0.15) is 5.10 Å². The second-order valence-corrected chi connectivity index (χ2v) is 7.48. The van der Waals surface area contributed by atoms with Gasteiger partial charge in [-0.1, -0.05) is 0 Å².